The number of rotatable bonds is 6. The molecule has 32 heavy (non-hydrogen) atoms. The lowest BCUT2D eigenvalue weighted by Gasteiger charge is -2.04. The summed E-state index contributed by atoms with van der Waals surface area (Å²) in [5, 5.41) is 1.25. The van der Waals surface area contributed by atoms with Crippen LogP contribution in [0.5, 0.6) is 5.75 Å². The van der Waals surface area contributed by atoms with Gasteiger partial charge in [0.25, 0.3) is 0 Å². The van der Waals surface area contributed by atoms with Crippen LogP contribution >= 0.6 is 22.9 Å². The molecular formula is C25H18ClNO4S. The molecule has 0 N–H and O–H groups in total. The molecule has 1 aromatic heterocycles. The first-order valence-corrected chi connectivity index (χ1v) is 11.0. The number of carbonyl (C=O) groups excluding carboxylic acids is 2. The summed E-state index contributed by atoms with van der Waals surface area (Å²) in [5.41, 5.74) is 2.02. The minimum absolute atomic E-state index is 0.334. The Hall–Kier alpha value is -3.48. The van der Waals surface area contributed by atoms with Crippen molar-refractivity contribution in [1.29, 1.82) is 0 Å². The summed E-state index contributed by atoms with van der Waals surface area (Å²) in [5.74, 6) is -0.427. The molecule has 0 bridgehead atoms. The van der Waals surface area contributed by atoms with E-state index in [-0.39, 0.29) is 5.97 Å². The van der Waals surface area contributed by atoms with Gasteiger partial charge in [0.05, 0.1) is 22.9 Å². The van der Waals surface area contributed by atoms with Crippen LogP contribution in [-0.2, 0) is 4.74 Å². The smallest absolute Gasteiger partial charge is 0.355 e. The molecule has 0 radical (unpaired) electrons. The monoisotopic (exact) mass is 463 g/mol. The summed E-state index contributed by atoms with van der Waals surface area (Å²) in [4.78, 5) is 29.0. The van der Waals surface area contributed by atoms with Crippen LogP contribution in [0.25, 0.3) is 10.1 Å². The van der Waals surface area contributed by atoms with E-state index in [1.165, 1.54) is 11.3 Å². The summed E-state index contributed by atoms with van der Waals surface area (Å²) in [6.07, 6.45) is 1.69. The molecule has 0 saturated carbocycles. The highest BCUT2D eigenvalue weighted by Gasteiger charge is 2.18. The number of hydrogen-bond donors (Lipinski definition) is 0. The normalized spacial score (nSPS) is 11.1. The largest absolute Gasteiger partial charge is 0.462 e. The van der Waals surface area contributed by atoms with Crippen molar-refractivity contribution in [2.24, 2.45) is 4.99 Å². The maximum atomic E-state index is 12.6. The van der Waals surface area contributed by atoms with Gasteiger partial charge in [-0.3, -0.25) is 4.99 Å². The van der Waals surface area contributed by atoms with Gasteiger partial charge in [-0.15, -0.1) is 11.3 Å². The van der Waals surface area contributed by atoms with Crippen molar-refractivity contribution in [1.82, 2.24) is 0 Å². The third-order valence-corrected chi connectivity index (χ3v) is 6.21. The summed E-state index contributed by atoms with van der Waals surface area (Å²) in [6, 6.07) is 21.4. The fourth-order valence-corrected chi connectivity index (χ4v) is 4.35. The van der Waals surface area contributed by atoms with Crippen LogP contribution in [0.15, 0.2) is 77.8 Å². The second-order valence-corrected chi connectivity index (χ2v) is 8.16. The maximum absolute atomic E-state index is 12.6. The van der Waals surface area contributed by atoms with E-state index >= 15 is 0 Å². The SMILES string of the molecule is CCOC(=O)c1ccc(N=Cc2ccc(OC(=O)c3sc4ccccc4c3Cl)cc2)cc1. The molecule has 0 aliphatic rings. The van der Waals surface area contributed by atoms with E-state index in [1.807, 2.05) is 24.3 Å². The van der Waals surface area contributed by atoms with E-state index < -0.39 is 5.97 Å². The van der Waals surface area contributed by atoms with Crippen LogP contribution in [-0.4, -0.2) is 24.8 Å². The van der Waals surface area contributed by atoms with Gasteiger partial charge in [0.15, 0.2) is 0 Å². The third-order valence-electron chi connectivity index (χ3n) is 4.55. The second kappa shape index (κ2) is 9.77. The first kappa shape index (κ1) is 21.7. The standard InChI is InChI=1S/C25H18ClNO4S/c1-2-30-24(28)17-9-11-18(12-10-17)27-15-16-7-13-19(14-8-16)31-25(29)23-22(26)20-5-3-4-6-21(20)32-23/h3-15H,2H2,1H3. The van der Waals surface area contributed by atoms with Gasteiger partial charge in [-0.2, -0.15) is 0 Å². The van der Waals surface area contributed by atoms with Gasteiger partial charge in [0, 0.05) is 16.3 Å². The van der Waals surface area contributed by atoms with Crippen molar-refractivity contribution in [2.75, 3.05) is 6.61 Å². The summed E-state index contributed by atoms with van der Waals surface area (Å²) in [7, 11) is 0. The highest BCUT2D eigenvalue weighted by atomic mass is 35.5. The van der Waals surface area contributed by atoms with Crippen molar-refractivity contribution >= 4 is 56.9 Å². The molecule has 4 rings (SSSR count). The number of fused-ring (bicyclic) bond motifs is 1. The van der Waals surface area contributed by atoms with Gasteiger partial charge in [0.2, 0.25) is 0 Å². The van der Waals surface area contributed by atoms with Crippen LogP contribution in [0.1, 0.15) is 32.5 Å². The molecule has 0 unspecified atom stereocenters. The zero-order valence-electron chi connectivity index (χ0n) is 17.1. The maximum Gasteiger partial charge on any atom is 0.355 e. The number of carbonyl (C=O) groups is 2. The number of thiophene rings is 1. The number of ether oxygens (including phenoxy) is 2. The van der Waals surface area contributed by atoms with Gasteiger partial charge < -0.3 is 9.47 Å². The average molecular weight is 464 g/mol. The van der Waals surface area contributed by atoms with E-state index in [9.17, 15) is 9.59 Å². The molecular weight excluding hydrogens is 446 g/mol. The quantitative estimate of drug-likeness (QED) is 0.181. The van der Waals surface area contributed by atoms with Crippen LogP contribution in [0.2, 0.25) is 5.02 Å². The van der Waals surface area contributed by atoms with Crippen molar-refractivity contribution in [3.63, 3.8) is 0 Å². The Bertz CT molecular complexity index is 1290. The molecule has 7 heteroatoms. The molecule has 3 aromatic carbocycles. The van der Waals surface area contributed by atoms with Crippen LogP contribution in [0, 0.1) is 0 Å². The Morgan fingerprint density at radius 2 is 1.69 bits per heavy atom. The lowest BCUT2D eigenvalue weighted by atomic mass is 10.2. The Balaban J connectivity index is 1.41. The summed E-state index contributed by atoms with van der Waals surface area (Å²) in [6.45, 7) is 2.10. The van der Waals surface area contributed by atoms with E-state index in [0.29, 0.717) is 33.5 Å². The fraction of sp³-hybridized carbons (Fsp3) is 0.0800. The highest BCUT2D eigenvalue weighted by molar-refractivity contribution is 7.21. The second-order valence-electron chi connectivity index (χ2n) is 6.73. The Kier molecular flexibility index (Phi) is 6.63. The molecule has 0 aliphatic carbocycles. The average Bonchev–Trinajstić information content (AvgIpc) is 3.16. The summed E-state index contributed by atoms with van der Waals surface area (Å²) >= 11 is 7.66. The highest BCUT2D eigenvalue weighted by Crippen LogP contribution is 2.35. The molecule has 0 spiro atoms. The number of halogens is 1. The number of nitrogens with zero attached hydrogens (tertiary/aromatic N) is 1. The van der Waals surface area contributed by atoms with Gasteiger partial charge in [0.1, 0.15) is 10.6 Å². The number of benzene rings is 3. The molecule has 5 nitrogen and oxygen atoms in total. The molecule has 4 aromatic rings. The lowest BCUT2D eigenvalue weighted by molar-refractivity contribution is 0.0526. The number of esters is 2. The van der Waals surface area contributed by atoms with E-state index in [0.717, 1.165) is 15.6 Å². The molecule has 0 fully saturated rings. The van der Waals surface area contributed by atoms with Gasteiger partial charge in [-0.05, 0) is 67.1 Å². The van der Waals surface area contributed by atoms with Crippen LogP contribution < -0.4 is 4.74 Å². The Morgan fingerprint density at radius 3 is 2.38 bits per heavy atom. The van der Waals surface area contributed by atoms with Gasteiger partial charge >= 0.3 is 11.9 Å². The molecule has 0 atom stereocenters. The summed E-state index contributed by atoms with van der Waals surface area (Å²) < 4.78 is 11.4. The topological polar surface area (TPSA) is 65.0 Å². The van der Waals surface area contributed by atoms with Crippen molar-refractivity contribution in [3.05, 3.63) is 93.8 Å². The van der Waals surface area contributed by atoms with Gasteiger partial charge in [-0.25, -0.2) is 9.59 Å². The fourth-order valence-electron chi connectivity index (χ4n) is 2.97. The molecule has 0 saturated heterocycles. The first-order chi connectivity index (χ1) is 15.5. The zero-order valence-corrected chi connectivity index (χ0v) is 18.7. The van der Waals surface area contributed by atoms with Crippen molar-refractivity contribution in [3.8, 4) is 5.75 Å². The van der Waals surface area contributed by atoms with Crippen LogP contribution in [0.3, 0.4) is 0 Å². The predicted octanol–water partition coefficient (Wildman–Crippen LogP) is 6.70. The molecule has 0 aliphatic heterocycles. The Labute approximate surface area is 193 Å². The van der Waals surface area contributed by atoms with Gasteiger partial charge in [-0.1, -0.05) is 29.8 Å². The first-order valence-electron chi connectivity index (χ1n) is 9.85. The lowest BCUT2D eigenvalue weighted by Crippen LogP contribution is -2.06. The van der Waals surface area contributed by atoms with Crippen molar-refractivity contribution in [2.45, 2.75) is 6.92 Å². The van der Waals surface area contributed by atoms with Crippen LogP contribution in [0.4, 0.5) is 5.69 Å². The third kappa shape index (κ3) is 4.88. The van der Waals surface area contributed by atoms with Crippen molar-refractivity contribution < 1.29 is 19.1 Å². The minimum atomic E-state index is -0.487. The van der Waals surface area contributed by atoms with E-state index in [1.54, 1.807) is 61.7 Å². The predicted molar refractivity (Wildman–Crippen MR) is 128 cm³/mol. The molecule has 0 amide bonds. The van der Waals surface area contributed by atoms with E-state index in [2.05, 4.69) is 4.99 Å². The molecule has 1 heterocycles. The number of hydrogen-bond acceptors (Lipinski definition) is 6. The molecule has 160 valence electrons. The Morgan fingerprint density at radius 1 is 0.969 bits per heavy atom. The van der Waals surface area contributed by atoms with E-state index in [4.69, 9.17) is 21.1 Å². The number of aliphatic imine (C=N–C) groups is 1. The zero-order chi connectivity index (χ0) is 22.5. The minimum Gasteiger partial charge on any atom is -0.462 e.